The highest BCUT2D eigenvalue weighted by molar-refractivity contribution is 9.10. The SMILES string of the molecule is O=C1C(Nc2cccc(F)c2)=C(c2cccs2)C(=O)N1c1cccc(Br)c1. The highest BCUT2D eigenvalue weighted by Crippen LogP contribution is 2.36. The summed E-state index contributed by atoms with van der Waals surface area (Å²) in [5.74, 6) is -1.33. The van der Waals surface area contributed by atoms with Crippen molar-refractivity contribution < 1.29 is 14.0 Å². The number of thiophene rings is 1. The van der Waals surface area contributed by atoms with Crippen LogP contribution in [0.25, 0.3) is 5.57 Å². The van der Waals surface area contributed by atoms with Gasteiger partial charge in [0.2, 0.25) is 0 Å². The molecule has 0 aliphatic carbocycles. The molecule has 0 unspecified atom stereocenters. The minimum absolute atomic E-state index is 0.132. The monoisotopic (exact) mass is 442 g/mol. The Morgan fingerprint density at radius 3 is 2.48 bits per heavy atom. The number of imide groups is 1. The molecule has 1 aliphatic heterocycles. The van der Waals surface area contributed by atoms with Crippen molar-refractivity contribution in [3.05, 3.63) is 86.9 Å². The van der Waals surface area contributed by atoms with E-state index < -0.39 is 17.6 Å². The van der Waals surface area contributed by atoms with E-state index in [0.717, 1.165) is 9.37 Å². The lowest BCUT2D eigenvalue weighted by Crippen LogP contribution is -2.32. The van der Waals surface area contributed by atoms with Crippen LogP contribution in [0.1, 0.15) is 4.88 Å². The van der Waals surface area contributed by atoms with Crippen molar-refractivity contribution in [3.63, 3.8) is 0 Å². The maximum atomic E-state index is 13.6. The molecule has 0 radical (unpaired) electrons. The Morgan fingerprint density at radius 1 is 0.963 bits per heavy atom. The Labute approximate surface area is 167 Å². The van der Waals surface area contributed by atoms with E-state index in [9.17, 15) is 14.0 Å². The molecule has 0 saturated carbocycles. The second kappa shape index (κ2) is 7.09. The number of hydrogen-bond donors (Lipinski definition) is 1. The number of amides is 2. The number of anilines is 2. The van der Waals surface area contributed by atoms with Crippen LogP contribution in [-0.4, -0.2) is 11.8 Å². The Balaban J connectivity index is 1.81. The van der Waals surface area contributed by atoms with E-state index >= 15 is 0 Å². The first-order chi connectivity index (χ1) is 13.0. The molecule has 1 N–H and O–H groups in total. The molecule has 2 aromatic carbocycles. The fourth-order valence-electron chi connectivity index (χ4n) is 2.86. The van der Waals surface area contributed by atoms with Gasteiger partial charge in [0.1, 0.15) is 11.5 Å². The Bertz CT molecular complexity index is 1080. The zero-order chi connectivity index (χ0) is 19.0. The van der Waals surface area contributed by atoms with Crippen molar-refractivity contribution in [3.8, 4) is 0 Å². The lowest BCUT2D eigenvalue weighted by Gasteiger charge is -2.15. The van der Waals surface area contributed by atoms with Gasteiger partial charge in [0.25, 0.3) is 11.8 Å². The van der Waals surface area contributed by atoms with Gasteiger partial charge >= 0.3 is 0 Å². The second-order valence-corrected chi connectivity index (χ2v) is 7.65. The van der Waals surface area contributed by atoms with E-state index in [2.05, 4.69) is 21.2 Å². The summed E-state index contributed by atoms with van der Waals surface area (Å²) >= 11 is 4.72. The molecule has 1 aromatic heterocycles. The smallest absolute Gasteiger partial charge is 0.282 e. The van der Waals surface area contributed by atoms with E-state index in [1.165, 1.54) is 29.5 Å². The first-order valence-electron chi connectivity index (χ1n) is 7.99. The molecule has 0 atom stereocenters. The topological polar surface area (TPSA) is 49.4 Å². The van der Waals surface area contributed by atoms with E-state index in [1.807, 2.05) is 17.5 Å². The summed E-state index contributed by atoms with van der Waals surface area (Å²) < 4.78 is 14.3. The summed E-state index contributed by atoms with van der Waals surface area (Å²) in [4.78, 5) is 28.0. The zero-order valence-electron chi connectivity index (χ0n) is 13.8. The van der Waals surface area contributed by atoms with Crippen molar-refractivity contribution in [2.45, 2.75) is 0 Å². The van der Waals surface area contributed by atoms with Crippen molar-refractivity contribution in [1.29, 1.82) is 0 Å². The number of nitrogens with zero attached hydrogens (tertiary/aromatic N) is 1. The molecule has 2 heterocycles. The lowest BCUT2D eigenvalue weighted by atomic mass is 10.2. The Kier molecular flexibility index (Phi) is 4.63. The van der Waals surface area contributed by atoms with Crippen LogP contribution in [0.4, 0.5) is 15.8 Å². The molecule has 1 aliphatic rings. The molecule has 7 heteroatoms. The normalized spacial score (nSPS) is 14.2. The predicted octanol–water partition coefficient (Wildman–Crippen LogP) is 5.05. The van der Waals surface area contributed by atoms with Gasteiger partial charge < -0.3 is 5.32 Å². The number of carbonyl (C=O) groups is 2. The van der Waals surface area contributed by atoms with E-state index in [-0.39, 0.29) is 11.3 Å². The van der Waals surface area contributed by atoms with Crippen molar-refractivity contribution >= 4 is 56.0 Å². The predicted molar refractivity (Wildman–Crippen MR) is 108 cm³/mol. The largest absolute Gasteiger partial charge is 0.350 e. The molecule has 0 bridgehead atoms. The fraction of sp³-hybridized carbons (Fsp3) is 0. The zero-order valence-corrected chi connectivity index (χ0v) is 16.2. The summed E-state index contributed by atoms with van der Waals surface area (Å²) in [6.07, 6.45) is 0. The van der Waals surface area contributed by atoms with Crippen LogP contribution in [0.2, 0.25) is 0 Å². The molecule has 4 nitrogen and oxygen atoms in total. The average Bonchev–Trinajstić information content (AvgIpc) is 3.22. The molecule has 0 fully saturated rings. The third-order valence-electron chi connectivity index (χ3n) is 4.01. The quantitative estimate of drug-likeness (QED) is 0.575. The molecule has 27 heavy (non-hydrogen) atoms. The number of benzene rings is 2. The van der Waals surface area contributed by atoms with Gasteiger partial charge in [-0.05, 0) is 47.8 Å². The number of nitrogens with one attached hydrogen (secondary N) is 1. The van der Waals surface area contributed by atoms with Crippen LogP contribution in [0, 0.1) is 5.82 Å². The van der Waals surface area contributed by atoms with Crippen LogP contribution >= 0.6 is 27.3 Å². The molecule has 3 aromatic rings. The summed E-state index contributed by atoms with van der Waals surface area (Å²) in [6.45, 7) is 0. The van der Waals surface area contributed by atoms with Gasteiger partial charge in [0, 0.05) is 15.0 Å². The second-order valence-electron chi connectivity index (χ2n) is 5.79. The number of halogens is 2. The van der Waals surface area contributed by atoms with Crippen LogP contribution in [0.5, 0.6) is 0 Å². The lowest BCUT2D eigenvalue weighted by molar-refractivity contribution is -0.120. The third-order valence-corrected chi connectivity index (χ3v) is 5.39. The fourth-order valence-corrected chi connectivity index (χ4v) is 4.01. The summed E-state index contributed by atoms with van der Waals surface area (Å²) in [6, 6.07) is 16.3. The first kappa shape index (κ1) is 17.6. The Hall–Kier alpha value is -2.77. The van der Waals surface area contributed by atoms with Gasteiger partial charge in [-0.3, -0.25) is 9.59 Å². The van der Waals surface area contributed by atoms with Gasteiger partial charge in [-0.1, -0.05) is 34.1 Å². The highest BCUT2D eigenvalue weighted by Gasteiger charge is 2.40. The van der Waals surface area contributed by atoms with Crippen LogP contribution in [0.3, 0.4) is 0 Å². The van der Waals surface area contributed by atoms with Crippen LogP contribution < -0.4 is 10.2 Å². The maximum absolute atomic E-state index is 13.6. The molecule has 0 saturated heterocycles. The van der Waals surface area contributed by atoms with Gasteiger partial charge in [-0.2, -0.15) is 0 Å². The van der Waals surface area contributed by atoms with Crippen molar-refractivity contribution in [2.75, 3.05) is 10.2 Å². The van der Waals surface area contributed by atoms with E-state index in [4.69, 9.17) is 0 Å². The van der Waals surface area contributed by atoms with Gasteiger partial charge in [0.15, 0.2) is 0 Å². The standard InChI is InChI=1S/C20H12BrFN2O2S/c21-12-4-1-7-15(10-12)24-19(25)17(16-8-3-9-27-16)18(20(24)26)23-14-6-2-5-13(22)11-14/h1-11,23H. The van der Waals surface area contributed by atoms with E-state index in [1.54, 1.807) is 30.3 Å². The van der Waals surface area contributed by atoms with Crippen LogP contribution in [0.15, 0.2) is 76.2 Å². The summed E-state index contributed by atoms with van der Waals surface area (Å²) in [5, 5.41) is 4.77. The first-order valence-corrected chi connectivity index (χ1v) is 9.67. The van der Waals surface area contributed by atoms with E-state index in [0.29, 0.717) is 16.3 Å². The number of carbonyl (C=O) groups excluding carboxylic acids is 2. The van der Waals surface area contributed by atoms with Crippen molar-refractivity contribution in [2.24, 2.45) is 0 Å². The highest BCUT2D eigenvalue weighted by atomic mass is 79.9. The number of hydrogen-bond acceptors (Lipinski definition) is 4. The molecule has 134 valence electrons. The van der Waals surface area contributed by atoms with Gasteiger partial charge in [0.05, 0.1) is 11.3 Å². The van der Waals surface area contributed by atoms with Gasteiger partial charge in [-0.25, -0.2) is 9.29 Å². The summed E-state index contributed by atoms with van der Waals surface area (Å²) in [7, 11) is 0. The molecule has 2 amide bonds. The third kappa shape index (κ3) is 3.31. The molecular formula is C20H12BrFN2O2S. The number of rotatable bonds is 4. The average molecular weight is 443 g/mol. The maximum Gasteiger partial charge on any atom is 0.282 e. The molecule has 4 rings (SSSR count). The summed E-state index contributed by atoms with van der Waals surface area (Å²) in [5.41, 5.74) is 1.27. The van der Waals surface area contributed by atoms with Gasteiger partial charge in [-0.15, -0.1) is 11.3 Å². The minimum Gasteiger partial charge on any atom is -0.350 e. The van der Waals surface area contributed by atoms with Crippen LogP contribution in [-0.2, 0) is 9.59 Å². The Morgan fingerprint density at radius 2 is 1.78 bits per heavy atom. The minimum atomic E-state index is -0.481. The van der Waals surface area contributed by atoms with Crippen molar-refractivity contribution in [1.82, 2.24) is 0 Å². The molecular weight excluding hydrogens is 431 g/mol. The molecule has 0 spiro atoms.